The largest absolute Gasteiger partial charge is 0.433 e. The number of nitrogens with zero attached hydrogens (tertiary/aromatic N) is 4. The number of anilines is 2. The van der Waals surface area contributed by atoms with E-state index in [1.807, 2.05) is 0 Å². The number of nitrogens with one attached hydrogen (secondary N) is 2. The summed E-state index contributed by atoms with van der Waals surface area (Å²) >= 11 is 0. The highest BCUT2D eigenvalue weighted by atomic mass is 19.4. The molecule has 0 saturated heterocycles. The van der Waals surface area contributed by atoms with Crippen LogP contribution in [-0.2, 0) is 6.18 Å². The molecule has 0 radical (unpaired) electrons. The first-order valence-electron chi connectivity index (χ1n) is 9.76. The van der Waals surface area contributed by atoms with Crippen molar-refractivity contribution in [2.24, 2.45) is 11.8 Å². The number of rotatable bonds is 7. The van der Waals surface area contributed by atoms with Crippen molar-refractivity contribution in [2.45, 2.75) is 44.7 Å². The van der Waals surface area contributed by atoms with Gasteiger partial charge in [-0.15, -0.1) is 0 Å². The van der Waals surface area contributed by atoms with Crippen molar-refractivity contribution in [1.29, 1.82) is 0 Å². The summed E-state index contributed by atoms with van der Waals surface area (Å²) in [5.41, 5.74) is -0.881. The molecule has 9 heteroatoms. The quantitative estimate of drug-likeness (QED) is 0.729. The lowest BCUT2D eigenvalue weighted by Crippen LogP contribution is -2.24. The van der Waals surface area contributed by atoms with Crippen molar-refractivity contribution < 1.29 is 13.2 Å². The third-order valence-electron chi connectivity index (χ3n) is 5.45. The van der Waals surface area contributed by atoms with Crippen LogP contribution in [0, 0.1) is 11.8 Å². The van der Waals surface area contributed by atoms with Gasteiger partial charge in [0.25, 0.3) is 0 Å². The van der Waals surface area contributed by atoms with Crippen LogP contribution in [0.2, 0.25) is 0 Å². The van der Waals surface area contributed by atoms with Gasteiger partial charge in [0.2, 0.25) is 11.9 Å². The van der Waals surface area contributed by atoms with Crippen LogP contribution in [0.1, 0.15) is 44.2 Å². The van der Waals surface area contributed by atoms with Gasteiger partial charge in [0.05, 0.1) is 0 Å². The maximum Gasteiger partial charge on any atom is 0.433 e. The van der Waals surface area contributed by atoms with Crippen molar-refractivity contribution in [2.75, 3.05) is 23.7 Å². The van der Waals surface area contributed by atoms with Gasteiger partial charge in [-0.1, -0.05) is 18.9 Å². The molecule has 2 heterocycles. The number of aromatic nitrogens is 4. The maximum absolute atomic E-state index is 13.0. The Balaban J connectivity index is 1.58. The van der Waals surface area contributed by atoms with Gasteiger partial charge in [0, 0.05) is 13.1 Å². The first-order valence-corrected chi connectivity index (χ1v) is 9.76. The molecule has 0 atom stereocenters. The SMILES string of the molecule is FC(F)(F)c1cccc(-c2nc(NCC3CCC3)nc(NCC3CCC3)n2)n1. The summed E-state index contributed by atoms with van der Waals surface area (Å²) in [5, 5.41) is 6.41. The van der Waals surface area contributed by atoms with E-state index in [4.69, 9.17) is 0 Å². The lowest BCUT2D eigenvalue weighted by atomic mass is 9.85. The van der Waals surface area contributed by atoms with Crippen molar-refractivity contribution in [3.63, 3.8) is 0 Å². The van der Waals surface area contributed by atoms with E-state index in [0.29, 0.717) is 23.7 Å². The van der Waals surface area contributed by atoms with Crippen LogP contribution >= 0.6 is 0 Å². The molecule has 0 spiro atoms. The molecule has 2 N–H and O–H groups in total. The van der Waals surface area contributed by atoms with E-state index in [0.717, 1.165) is 19.2 Å². The molecule has 2 aromatic heterocycles. The molecule has 0 aliphatic heterocycles. The zero-order valence-electron chi connectivity index (χ0n) is 15.5. The summed E-state index contributed by atoms with van der Waals surface area (Å²) in [6.07, 6.45) is 2.65. The number of hydrogen-bond donors (Lipinski definition) is 2. The highest BCUT2D eigenvalue weighted by Gasteiger charge is 2.32. The molecule has 0 unspecified atom stereocenters. The molecule has 2 aliphatic rings. The number of pyridine rings is 1. The van der Waals surface area contributed by atoms with Gasteiger partial charge in [0.1, 0.15) is 11.4 Å². The van der Waals surface area contributed by atoms with Gasteiger partial charge in [0.15, 0.2) is 5.82 Å². The van der Waals surface area contributed by atoms with Crippen molar-refractivity contribution in [1.82, 2.24) is 19.9 Å². The Morgan fingerprint density at radius 2 is 1.39 bits per heavy atom. The van der Waals surface area contributed by atoms with Gasteiger partial charge in [-0.25, -0.2) is 4.98 Å². The fourth-order valence-corrected chi connectivity index (χ4v) is 3.23. The Bertz CT molecular complexity index is 781. The zero-order valence-corrected chi connectivity index (χ0v) is 15.5. The molecule has 2 aliphatic carbocycles. The molecule has 6 nitrogen and oxygen atoms in total. The Labute approximate surface area is 161 Å². The fourth-order valence-electron chi connectivity index (χ4n) is 3.23. The second-order valence-electron chi connectivity index (χ2n) is 7.57. The Morgan fingerprint density at radius 1 is 0.821 bits per heavy atom. The number of halogens is 3. The maximum atomic E-state index is 13.0. The van der Waals surface area contributed by atoms with E-state index in [-0.39, 0.29) is 11.5 Å². The third-order valence-corrected chi connectivity index (χ3v) is 5.45. The smallest absolute Gasteiger partial charge is 0.354 e. The van der Waals surface area contributed by atoms with Gasteiger partial charge >= 0.3 is 6.18 Å². The van der Waals surface area contributed by atoms with Crippen LogP contribution in [0.4, 0.5) is 25.1 Å². The Hall–Kier alpha value is -2.45. The topological polar surface area (TPSA) is 75.6 Å². The van der Waals surface area contributed by atoms with E-state index < -0.39 is 11.9 Å². The highest BCUT2D eigenvalue weighted by Crippen LogP contribution is 2.30. The summed E-state index contributed by atoms with van der Waals surface area (Å²) in [6, 6.07) is 3.74. The molecule has 2 saturated carbocycles. The van der Waals surface area contributed by atoms with Crippen LogP contribution in [0.5, 0.6) is 0 Å². The summed E-state index contributed by atoms with van der Waals surface area (Å²) in [7, 11) is 0. The molecular weight excluding hydrogens is 369 g/mol. The average molecular weight is 392 g/mol. The minimum Gasteiger partial charge on any atom is -0.354 e. The molecule has 0 amide bonds. The molecule has 4 rings (SSSR count). The first kappa shape index (κ1) is 18.9. The second-order valence-corrected chi connectivity index (χ2v) is 7.57. The molecule has 150 valence electrons. The Kier molecular flexibility index (Phi) is 5.32. The minimum absolute atomic E-state index is 0.0793. The Morgan fingerprint density at radius 3 is 1.86 bits per heavy atom. The summed E-state index contributed by atoms with van der Waals surface area (Å²) in [5.74, 6) is 2.06. The number of alkyl halides is 3. The fraction of sp³-hybridized carbons (Fsp3) is 0.579. The second kappa shape index (κ2) is 7.89. The van der Waals surface area contributed by atoms with Gasteiger partial charge in [-0.05, 0) is 49.7 Å². The van der Waals surface area contributed by atoms with Crippen LogP contribution in [0.3, 0.4) is 0 Å². The van der Waals surface area contributed by atoms with Crippen LogP contribution in [-0.4, -0.2) is 33.0 Å². The third kappa shape index (κ3) is 4.51. The molecule has 0 bridgehead atoms. The molecule has 0 aromatic carbocycles. The lowest BCUT2D eigenvalue weighted by Gasteiger charge is -2.26. The minimum atomic E-state index is -4.51. The number of hydrogen-bond acceptors (Lipinski definition) is 6. The first-order chi connectivity index (χ1) is 13.5. The van der Waals surface area contributed by atoms with Gasteiger partial charge < -0.3 is 10.6 Å². The van der Waals surface area contributed by atoms with E-state index in [9.17, 15) is 13.2 Å². The monoisotopic (exact) mass is 392 g/mol. The van der Waals surface area contributed by atoms with E-state index in [2.05, 4.69) is 30.6 Å². The van der Waals surface area contributed by atoms with Gasteiger partial charge in [-0.2, -0.15) is 28.1 Å². The standard InChI is InChI=1S/C19H23F3N6/c20-19(21,22)15-9-3-8-14(25-15)16-26-17(23-10-12-4-1-5-12)28-18(27-16)24-11-13-6-2-7-13/h3,8-9,12-13H,1-2,4-7,10-11H2,(H2,23,24,26,27,28). The van der Waals surface area contributed by atoms with Crippen molar-refractivity contribution in [3.8, 4) is 11.5 Å². The lowest BCUT2D eigenvalue weighted by molar-refractivity contribution is -0.141. The molecular formula is C19H23F3N6. The molecule has 28 heavy (non-hydrogen) atoms. The van der Waals surface area contributed by atoms with E-state index in [1.54, 1.807) is 0 Å². The van der Waals surface area contributed by atoms with Gasteiger partial charge in [-0.3, -0.25) is 0 Å². The van der Waals surface area contributed by atoms with E-state index >= 15 is 0 Å². The summed E-state index contributed by atoms with van der Waals surface area (Å²) < 4.78 is 39.0. The predicted octanol–water partition coefficient (Wildman–Crippen LogP) is 4.38. The van der Waals surface area contributed by atoms with Crippen LogP contribution in [0.25, 0.3) is 11.5 Å². The van der Waals surface area contributed by atoms with Crippen LogP contribution < -0.4 is 10.6 Å². The summed E-state index contributed by atoms with van der Waals surface area (Å²) in [4.78, 5) is 16.7. The van der Waals surface area contributed by atoms with Crippen LogP contribution in [0.15, 0.2) is 18.2 Å². The molecule has 2 fully saturated rings. The highest BCUT2D eigenvalue weighted by molar-refractivity contribution is 5.54. The van der Waals surface area contributed by atoms with Crippen molar-refractivity contribution >= 4 is 11.9 Å². The molecule has 2 aromatic rings. The summed E-state index contributed by atoms with van der Waals surface area (Å²) in [6.45, 7) is 1.50. The average Bonchev–Trinajstić information content (AvgIpc) is 2.58. The normalized spacial score (nSPS) is 17.7. The van der Waals surface area contributed by atoms with Crippen molar-refractivity contribution in [3.05, 3.63) is 23.9 Å². The predicted molar refractivity (Wildman–Crippen MR) is 99.7 cm³/mol. The van der Waals surface area contributed by atoms with E-state index in [1.165, 1.54) is 50.7 Å². The zero-order chi connectivity index (χ0) is 19.6.